The van der Waals surface area contributed by atoms with Crippen LogP contribution in [-0.2, 0) is 0 Å². The highest BCUT2D eigenvalue weighted by molar-refractivity contribution is 5.29. The third-order valence-corrected chi connectivity index (χ3v) is 5.02. The maximum atomic E-state index is 12.1. The van der Waals surface area contributed by atoms with Crippen molar-refractivity contribution < 1.29 is 9.13 Å². The molecule has 0 spiro atoms. The van der Waals surface area contributed by atoms with Gasteiger partial charge < -0.3 is 4.74 Å². The molecule has 0 radical (unpaired) electrons. The third-order valence-electron chi connectivity index (χ3n) is 5.02. The van der Waals surface area contributed by atoms with Gasteiger partial charge in [0, 0.05) is 0 Å². The molecule has 0 aliphatic heterocycles. The Balaban J connectivity index is 1.72. The lowest BCUT2D eigenvalue weighted by atomic mass is 9.77. The van der Waals surface area contributed by atoms with Crippen molar-refractivity contribution in [2.45, 2.75) is 70.6 Å². The van der Waals surface area contributed by atoms with Crippen molar-refractivity contribution in [3.05, 3.63) is 42.2 Å². The van der Waals surface area contributed by atoms with E-state index in [-0.39, 0.29) is 0 Å². The summed E-state index contributed by atoms with van der Waals surface area (Å²) in [5.74, 6) is 2.33. The Morgan fingerprint density at radius 3 is 2.43 bits per heavy atom. The van der Waals surface area contributed by atoms with Crippen LogP contribution in [0.3, 0.4) is 0 Å². The van der Waals surface area contributed by atoms with Crippen molar-refractivity contribution in [2.24, 2.45) is 5.92 Å². The second-order valence-electron chi connectivity index (χ2n) is 6.79. The fraction of sp³-hybridized carbons (Fsp3) is 0.619. The number of allylic oxidation sites excluding steroid dienone is 1. The normalized spacial score (nSPS) is 21.7. The van der Waals surface area contributed by atoms with Crippen LogP contribution in [-0.4, -0.2) is 6.61 Å². The average Bonchev–Trinajstić information content (AvgIpc) is 2.61. The lowest BCUT2D eigenvalue weighted by Gasteiger charge is -2.28. The van der Waals surface area contributed by atoms with Crippen molar-refractivity contribution in [3.63, 3.8) is 0 Å². The van der Waals surface area contributed by atoms with Crippen molar-refractivity contribution in [1.29, 1.82) is 0 Å². The summed E-state index contributed by atoms with van der Waals surface area (Å²) in [4.78, 5) is 0. The van der Waals surface area contributed by atoms with Crippen molar-refractivity contribution in [3.8, 4) is 5.75 Å². The van der Waals surface area contributed by atoms with Crippen LogP contribution < -0.4 is 4.74 Å². The lowest BCUT2D eigenvalue weighted by molar-refractivity contribution is 0.304. The molecule has 1 nitrogen and oxygen atoms in total. The van der Waals surface area contributed by atoms with Gasteiger partial charge in [-0.3, -0.25) is 0 Å². The Bertz CT molecular complexity index is 443. The second kappa shape index (κ2) is 10.5. The molecule has 1 aliphatic carbocycles. The third kappa shape index (κ3) is 6.37. The zero-order valence-electron chi connectivity index (χ0n) is 14.5. The summed E-state index contributed by atoms with van der Waals surface area (Å²) < 4.78 is 17.9. The molecule has 128 valence electrons. The van der Waals surface area contributed by atoms with Gasteiger partial charge >= 0.3 is 0 Å². The summed E-state index contributed by atoms with van der Waals surface area (Å²) in [6, 6.07) is 8.70. The second-order valence-corrected chi connectivity index (χ2v) is 6.79. The largest absolute Gasteiger partial charge is 0.494 e. The molecule has 0 bridgehead atoms. The summed E-state index contributed by atoms with van der Waals surface area (Å²) in [7, 11) is 0. The molecule has 1 fully saturated rings. The maximum Gasteiger partial charge on any atom is 0.119 e. The quantitative estimate of drug-likeness (QED) is 0.455. The van der Waals surface area contributed by atoms with Crippen LogP contribution in [0.25, 0.3) is 0 Å². The van der Waals surface area contributed by atoms with E-state index in [0.29, 0.717) is 18.2 Å². The van der Waals surface area contributed by atoms with Crippen molar-refractivity contribution in [1.82, 2.24) is 0 Å². The smallest absolute Gasteiger partial charge is 0.119 e. The molecule has 23 heavy (non-hydrogen) atoms. The molecular weight excluding hydrogens is 287 g/mol. The topological polar surface area (TPSA) is 9.23 Å². The Morgan fingerprint density at radius 1 is 1.04 bits per heavy atom. The number of benzene rings is 1. The summed E-state index contributed by atoms with van der Waals surface area (Å²) in [5.41, 5.74) is 1.43. The Hall–Kier alpha value is -1.31. The van der Waals surface area contributed by atoms with Gasteiger partial charge in [-0.05, 0) is 68.1 Å². The minimum Gasteiger partial charge on any atom is -0.494 e. The predicted molar refractivity (Wildman–Crippen MR) is 95.6 cm³/mol. The van der Waals surface area contributed by atoms with Gasteiger partial charge in [0.25, 0.3) is 0 Å². The Kier molecular flexibility index (Phi) is 8.20. The molecule has 1 saturated carbocycles. The molecule has 2 heteroatoms. The van der Waals surface area contributed by atoms with E-state index in [0.717, 1.165) is 25.2 Å². The van der Waals surface area contributed by atoms with E-state index >= 15 is 0 Å². The van der Waals surface area contributed by atoms with Crippen LogP contribution in [0.4, 0.5) is 4.39 Å². The van der Waals surface area contributed by atoms with Gasteiger partial charge in [-0.2, -0.15) is 0 Å². The standard InChI is InChI=1S/C21H31FO/c1-2-3-4-5-17-23-21-14-12-20(13-15-21)19-10-8-18(9-11-19)7-6-16-22/h6,12-16,18-19H,2-5,7-11,17H2,1H3/b16-6+. The zero-order chi connectivity index (χ0) is 16.3. The van der Waals surface area contributed by atoms with E-state index in [1.165, 1.54) is 50.5 Å². The Morgan fingerprint density at radius 2 is 1.78 bits per heavy atom. The fourth-order valence-electron chi connectivity index (χ4n) is 3.53. The summed E-state index contributed by atoms with van der Waals surface area (Å²) in [6.45, 7) is 3.05. The fourth-order valence-corrected chi connectivity index (χ4v) is 3.53. The first-order valence-electron chi connectivity index (χ1n) is 9.31. The van der Waals surface area contributed by atoms with Gasteiger partial charge in [-0.15, -0.1) is 0 Å². The van der Waals surface area contributed by atoms with E-state index in [1.807, 2.05) is 0 Å². The van der Waals surface area contributed by atoms with Crippen LogP contribution in [0.1, 0.15) is 76.2 Å². The summed E-state index contributed by atoms with van der Waals surface area (Å²) in [5, 5.41) is 0. The zero-order valence-corrected chi connectivity index (χ0v) is 14.5. The van der Waals surface area contributed by atoms with Crippen LogP contribution >= 0.6 is 0 Å². The average molecular weight is 318 g/mol. The Labute approximate surface area is 140 Å². The van der Waals surface area contributed by atoms with Gasteiger partial charge in [0.05, 0.1) is 12.9 Å². The molecule has 0 amide bonds. The first-order chi connectivity index (χ1) is 11.3. The molecule has 1 aromatic carbocycles. The first kappa shape index (κ1) is 18.0. The molecular formula is C21H31FO. The first-order valence-corrected chi connectivity index (χ1v) is 9.31. The molecule has 0 heterocycles. The number of hydrogen-bond donors (Lipinski definition) is 0. The van der Waals surface area contributed by atoms with E-state index in [9.17, 15) is 4.39 Å². The van der Waals surface area contributed by atoms with Gasteiger partial charge in [-0.25, -0.2) is 4.39 Å². The van der Waals surface area contributed by atoms with Crippen LogP contribution in [0.5, 0.6) is 5.75 Å². The minimum atomic E-state index is 0.666. The highest BCUT2D eigenvalue weighted by Gasteiger charge is 2.21. The molecule has 1 aliphatic rings. The van der Waals surface area contributed by atoms with Crippen molar-refractivity contribution >= 4 is 0 Å². The van der Waals surface area contributed by atoms with Crippen LogP contribution in [0, 0.1) is 5.92 Å². The minimum absolute atomic E-state index is 0.666. The molecule has 0 saturated heterocycles. The number of rotatable bonds is 9. The van der Waals surface area contributed by atoms with Gasteiger partial charge in [0.15, 0.2) is 0 Å². The van der Waals surface area contributed by atoms with Gasteiger partial charge in [0.1, 0.15) is 5.75 Å². The summed E-state index contributed by atoms with van der Waals surface area (Å²) >= 11 is 0. The molecule has 2 rings (SSSR count). The summed E-state index contributed by atoms with van der Waals surface area (Å²) in [6.07, 6.45) is 13.1. The number of hydrogen-bond acceptors (Lipinski definition) is 1. The maximum absolute atomic E-state index is 12.1. The predicted octanol–water partition coefficient (Wildman–Crippen LogP) is 6.79. The van der Waals surface area contributed by atoms with Crippen molar-refractivity contribution in [2.75, 3.05) is 6.61 Å². The van der Waals surface area contributed by atoms with E-state index in [2.05, 4.69) is 31.2 Å². The molecule has 1 aromatic rings. The van der Waals surface area contributed by atoms with Gasteiger partial charge in [-0.1, -0.05) is 44.4 Å². The van der Waals surface area contributed by atoms with E-state index < -0.39 is 0 Å². The number of unbranched alkanes of at least 4 members (excludes halogenated alkanes) is 3. The molecule has 0 atom stereocenters. The lowest BCUT2D eigenvalue weighted by Crippen LogP contribution is -2.12. The molecule has 0 N–H and O–H groups in total. The number of halogens is 1. The van der Waals surface area contributed by atoms with Crippen LogP contribution in [0.15, 0.2) is 36.7 Å². The SMILES string of the molecule is CCCCCCOc1ccc(C2CCC(C/C=C/F)CC2)cc1. The van der Waals surface area contributed by atoms with Crippen LogP contribution in [0.2, 0.25) is 0 Å². The molecule has 0 aromatic heterocycles. The molecule has 0 unspecified atom stereocenters. The monoisotopic (exact) mass is 318 g/mol. The highest BCUT2D eigenvalue weighted by atomic mass is 19.1. The van der Waals surface area contributed by atoms with E-state index in [1.54, 1.807) is 6.08 Å². The van der Waals surface area contributed by atoms with E-state index in [4.69, 9.17) is 4.74 Å². The highest BCUT2D eigenvalue weighted by Crippen LogP contribution is 2.37. The number of ether oxygens (including phenoxy) is 1. The van der Waals surface area contributed by atoms with Gasteiger partial charge in [0.2, 0.25) is 0 Å².